The maximum Gasteiger partial charge on any atom is 0.240 e. The smallest absolute Gasteiger partial charge is 0.240 e. The third-order valence-corrected chi connectivity index (χ3v) is 4.43. The fourth-order valence-electron chi connectivity index (χ4n) is 1.25. The van der Waals surface area contributed by atoms with Crippen LogP contribution in [0.1, 0.15) is 20.8 Å². The molecule has 0 amide bonds. The van der Waals surface area contributed by atoms with Crippen molar-refractivity contribution in [3.05, 3.63) is 24.0 Å². The monoisotopic (exact) mass is 274 g/mol. The Morgan fingerprint density at radius 3 is 2.44 bits per heavy atom. The van der Waals surface area contributed by atoms with Gasteiger partial charge in [-0.15, -0.1) is 0 Å². The molecule has 0 spiro atoms. The quantitative estimate of drug-likeness (QED) is 0.806. The van der Waals surface area contributed by atoms with Crippen molar-refractivity contribution in [1.29, 1.82) is 0 Å². The lowest BCUT2D eigenvalue weighted by Crippen LogP contribution is -2.30. The van der Waals surface area contributed by atoms with Gasteiger partial charge in [0.05, 0.1) is 10.6 Å². The van der Waals surface area contributed by atoms with Gasteiger partial charge < -0.3 is 5.73 Å². The maximum absolute atomic E-state index is 13.0. The molecule has 4 nitrogen and oxygen atoms in total. The number of rotatable bonds is 5. The highest BCUT2D eigenvalue weighted by Crippen LogP contribution is 2.17. The van der Waals surface area contributed by atoms with E-state index in [0.29, 0.717) is 12.5 Å². The van der Waals surface area contributed by atoms with Crippen molar-refractivity contribution in [2.24, 2.45) is 11.8 Å². The van der Waals surface area contributed by atoms with Gasteiger partial charge in [-0.2, -0.15) is 0 Å². The number of anilines is 1. The second kappa shape index (κ2) is 5.67. The molecule has 0 heterocycles. The largest absolute Gasteiger partial charge is 0.396 e. The molecular formula is C12H19FN2O2S. The summed E-state index contributed by atoms with van der Waals surface area (Å²) in [6.07, 6.45) is 0. The Balaban J connectivity index is 2.83. The standard InChI is InChI=1S/C12H19FN2O2S/c1-8(2)9(3)7-15-18(16,17)10-4-5-11(13)12(14)6-10/h4-6,8-9,15H,7,14H2,1-3H3. The molecule has 0 radical (unpaired) electrons. The molecule has 0 saturated carbocycles. The average molecular weight is 274 g/mol. The number of nitrogen functional groups attached to an aromatic ring is 1. The molecule has 3 N–H and O–H groups in total. The minimum Gasteiger partial charge on any atom is -0.396 e. The van der Waals surface area contributed by atoms with Crippen molar-refractivity contribution >= 4 is 15.7 Å². The molecule has 0 aromatic heterocycles. The molecule has 1 unspecified atom stereocenters. The summed E-state index contributed by atoms with van der Waals surface area (Å²) in [4.78, 5) is -0.0163. The Morgan fingerprint density at radius 2 is 1.94 bits per heavy atom. The van der Waals surface area contributed by atoms with Gasteiger partial charge in [0.25, 0.3) is 0 Å². The van der Waals surface area contributed by atoms with Crippen LogP contribution in [0.4, 0.5) is 10.1 Å². The minimum atomic E-state index is -3.62. The summed E-state index contributed by atoms with van der Waals surface area (Å²) in [5.41, 5.74) is 5.18. The first-order chi connectivity index (χ1) is 8.24. The third-order valence-electron chi connectivity index (χ3n) is 3.01. The van der Waals surface area contributed by atoms with Gasteiger partial charge in [-0.05, 0) is 30.0 Å². The Labute approximate surface area is 107 Å². The van der Waals surface area contributed by atoms with E-state index >= 15 is 0 Å². The van der Waals surface area contributed by atoms with Crippen molar-refractivity contribution < 1.29 is 12.8 Å². The van der Waals surface area contributed by atoms with Crippen molar-refractivity contribution in [2.45, 2.75) is 25.7 Å². The number of nitrogens with one attached hydrogen (secondary N) is 1. The zero-order chi connectivity index (χ0) is 13.9. The molecule has 1 aromatic rings. The van der Waals surface area contributed by atoms with E-state index in [1.807, 2.05) is 20.8 Å². The number of sulfonamides is 1. The summed E-state index contributed by atoms with van der Waals surface area (Å²) >= 11 is 0. The number of hydrogen-bond acceptors (Lipinski definition) is 3. The Hall–Kier alpha value is -1.14. The Kier molecular flexibility index (Phi) is 4.70. The first-order valence-corrected chi connectivity index (χ1v) is 7.27. The summed E-state index contributed by atoms with van der Waals surface area (Å²) in [7, 11) is -3.62. The van der Waals surface area contributed by atoms with Gasteiger partial charge in [-0.1, -0.05) is 20.8 Å². The van der Waals surface area contributed by atoms with Crippen LogP contribution in [0.5, 0.6) is 0 Å². The van der Waals surface area contributed by atoms with Crippen LogP contribution in [0.15, 0.2) is 23.1 Å². The van der Waals surface area contributed by atoms with Gasteiger partial charge >= 0.3 is 0 Å². The fourth-order valence-corrected chi connectivity index (χ4v) is 2.43. The van der Waals surface area contributed by atoms with Crippen LogP contribution in [0.3, 0.4) is 0 Å². The lowest BCUT2D eigenvalue weighted by Gasteiger charge is -2.16. The predicted octanol–water partition coefficient (Wildman–Crippen LogP) is 1.98. The summed E-state index contributed by atoms with van der Waals surface area (Å²) in [6, 6.07) is 3.38. The highest BCUT2D eigenvalue weighted by molar-refractivity contribution is 7.89. The molecule has 1 rings (SSSR count). The zero-order valence-electron chi connectivity index (χ0n) is 10.8. The van der Waals surface area contributed by atoms with Gasteiger partial charge in [0.2, 0.25) is 10.0 Å². The number of hydrogen-bond donors (Lipinski definition) is 2. The molecule has 1 atom stereocenters. The van der Waals surface area contributed by atoms with E-state index < -0.39 is 15.8 Å². The summed E-state index contributed by atoms with van der Waals surface area (Å²) < 4.78 is 39.3. The maximum atomic E-state index is 13.0. The van der Waals surface area contributed by atoms with Crippen LogP contribution in [0.2, 0.25) is 0 Å². The highest BCUT2D eigenvalue weighted by Gasteiger charge is 2.17. The van der Waals surface area contributed by atoms with Crippen LogP contribution < -0.4 is 10.5 Å². The molecule has 0 bridgehead atoms. The number of halogens is 1. The Morgan fingerprint density at radius 1 is 1.33 bits per heavy atom. The first-order valence-electron chi connectivity index (χ1n) is 5.78. The summed E-state index contributed by atoms with van der Waals surface area (Å²) in [5, 5.41) is 0. The number of benzene rings is 1. The normalized spacial score (nSPS) is 13.8. The van der Waals surface area contributed by atoms with Gasteiger partial charge in [-0.3, -0.25) is 0 Å². The van der Waals surface area contributed by atoms with Crippen LogP contribution in [-0.4, -0.2) is 15.0 Å². The van der Waals surface area contributed by atoms with Crippen molar-refractivity contribution in [3.63, 3.8) is 0 Å². The number of nitrogens with two attached hydrogens (primary N) is 1. The zero-order valence-corrected chi connectivity index (χ0v) is 11.6. The molecule has 1 aromatic carbocycles. The predicted molar refractivity (Wildman–Crippen MR) is 70.0 cm³/mol. The van der Waals surface area contributed by atoms with E-state index in [1.54, 1.807) is 0 Å². The van der Waals surface area contributed by atoms with E-state index in [4.69, 9.17) is 5.73 Å². The summed E-state index contributed by atoms with van der Waals surface area (Å²) in [5.74, 6) is -0.0203. The minimum absolute atomic E-state index is 0.0163. The topological polar surface area (TPSA) is 72.2 Å². The molecule has 0 fully saturated rings. The van der Waals surface area contributed by atoms with E-state index in [0.717, 1.165) is 12.1 Å². The molecule has 0 aliphatic carbocycles. The highest BCUT2D eigenvalue weighted by atomic mass is 32.2. The van der Waals surface area contributed by atoms with Crippen LogP contribution >= 0.6 is 0 Å². The van der Waals surface area contributed by atoms with Crippen LogP contribution in [0.25, 0.3) is 0 Å². The molecule has 6 heteroatoms. The molecule has 0 aliphatic rings. The van der Waals surface area contributed by atoms with E-state index in [2.05, 4.69) is 4.72 Å². The van der Waals surface area contributed by atoms with Crippen molar-refractivity contribution in [1.82, 2.24) is 4.72 Å². The van der Waals surface area contributed by atoms with Gasteiger partial charge in [0.1, 0.15) is 5.82 Å². The Bertz CT molecular complexity index is 515. The lowest BCUT2D eigenvalue weighted by molar-refractivity contribution is 0.414. The molecular weight excluding hydrogens is 255 g/mol. The van der Waals surface area contributed by atoms with Gasteiger partial charge in [0, 0.05) is 6.54 Å². The van der Waals surface area contributed by atoms with Gasteiger partial charge in [-0.25, -0.2) is 17.5 Å². The third kappa shape index (κ3) is 3.68. The van der Waals surface area contributed by atoms with E-state index in [-0.39, 0.29) is 16.5 Å². The first kappa shape index (κ1) is 14.9. The van der Waals surface area contributed by atoms with E-state index in [9.17, 15) is 12.8 Å². The average Bonchev–Trinajstić information content (AvgIpc) is 2.29. The molecule has 0 aliphatic heterocycles. The summed E-state index contributed by atoms with van der Waals surface area (Å²) in [6.45, 7) is 6.35. The van der Waals surface area contributed by atoms with Crippen molar-refractivity contribution in [2.75, 3.05) is 12.3 Å². The van der Waals surface area contributed by atoms with Crippen molar-refractivity contribution in [3.8, 4) is 0 Å². The second-order valence-electron chi connectivity index (χ2n) is 4.76. The molecule has 18 heavy (non-hydrogen) atoms. The SMILES string of the molecule is CC(C)C(C)CNS(=O)(=O)c1ccc(F)c(N)c1. The van der Waals surface area contributed by atoms with Gasteiger partial charge in [0.15, 0.2) is 0 Å². The molecule has 102 valence electrons. The molecule has 0 saturated heterocycles. The van der Waals surface area contributed by atoms with Crippen LogP contribution in [-0.2, 0) is 10.0 Å². The van der Waals surface area contributed by atoms with E-state index in [1.165, 1.54) is 6.07 Å². The van der Waals surface area contributed by atoms with Crippen LogP contribution in [0, 0.1) is 17.7 Å². The lowest BCUT2D eigenvalue weighted by atomic mass is 9.99. The second-order valence-corrected chi connectivity index (χ2v) is 6.52. The fraction of sp³-hybridized carbons (Fsp3) is 0.500.